The average Bonchev–Trinajstić information content (AvgIpc) is 2.29. The quantitative estimate of drug-likeness (QED) is 0.770. The summed E-state index contributed by atoms with van der Waals surface area (Å²) in [4.78, 5) is 22.2. The number of aromatic nitrogens is 3. The maximum atomic E-state index is 10.6. The topological polar surface area (TPSA) is 102 Å². The molecule has 0 aliphatic carbocycles. The highest BCUT2D eigenvalue weighted by molar-refractivity contribution is 5.88. The van der Waals surface area contributed by atoms with E-state index in [2.05, 4.69) is 15.0 Å². The third-order valence-corrected chi connectivity index (χ3v) is 1.98. The Balaban J connectivity index is 2.38. The van der Waals surface area contributed by atoms with Crippen LogP contribution in [-0.2, 0) is 0 Å². The van der Waals surface area contributed by atoms with Crippen molar-refractivity contribution in [1.29, 1.82) is 0 Å². The van der Waals surface area contributed by atoms with Gasteiger partial charge in [0.15, 0.2) is 5.82 Å². The van der Waals surface area contributed by atoms with Crippen LogP contribution in [0.5, 0.6) is 0 Å². The van der Waals surface area contributed by atoms with Crippen LogP contribution in [0.2, 0.25) is 0 Å². The van der Waals surface area contributed by atoms with Crippen LogP contribution in [0.4, 0.5) is 5.95 Å². The summed E-state index contributed by atoms with van der Waals surface area (Å²) in [6.07, 6.45) is 1.31. The number of aromatic carboxylic acids is 1. The standard InChI is InChI=1S/C10H8N4O2/c11-10-13-5-12-8(14-10)6-1-3-7(4-2-6)9(15)16/h1-5H,(H,15,16)(H2,11,12,13,14). The van der Waals surface area contributed by atoms with Crippen LogP contribution in [0.15, 0.2) is 30.6 Å². The summed E-state index contributed by atoms with van der Waals surface area (Å²) in [7, 11) is 0. The van der Waals surface area contributed by atoms with Gasteiger partial charge in [-0.15, -0.1) is 0 Å². The molecule has 0 atom stereocenters. The molecule has 16 heavy (non-hydrogen) atoms. The Hall–Kier alpha value is -2.50. The first-order valence-electron chi connectivity index (χ1n) is 4.45. The molecule has 0 unspecified atom stereocenters. The van der Waals surface area contributed by atoms with E-state index < -0.39 is 5.97 Å². The summed E-state index contributed by atoms with van der Waals surface area (Å²) in [6.45, 7) is 0. The molecule has 2 aromatic rings. The van der Waals surface area contributed by atoms with Crippen molar-refractivity contribution in [2.24, 2.45) is 0 Å². The lowest BCUT2D eigenvalue weighted by molar-refractivity contribution is 0.0697. The van der Waals surface area contributed by atoms with Crippen molar-refractivity contribution >= 4 is 11.9 Å². The molecule has 0 radical (unpaired) electrons. The van der Waals surface area contributed by atoms with Crippen molar-refractivity contribution in [2.45, 2.75) is 0 Å². The number of nitrogen functional groups attached to an aromatic ring is 1. The highest BCUT2D eigenvalue weighted by Gasteiger charge is 2.05. The van der Waals surface area contributed by atoms with Gasteiger partial charge in [-0.1, -0.05) is 12.1 Å². The third kappa shape index (κ3) is 1.95. The number of carbonyl (C=O) groups is 1. The first-order chi connectivity index (χ1) is 7.66. The van der Waals surface area contributed by atoms with Gasteiger partial charge in [-0.3, -0.25) is 0 Å². The first-order valence-corrected chi connectivity index (χ1v) is 4.45. The number of hydrogen-bond donors (Lipinski definition) is 2. The molecule has 2 rings (SSSR count). The molecule has 0 aliphatic rings. The van der Waals surface area contributed by atoms with Crippen LogP contribution in [0.1, 0.15) is 10.4 Å². The van der Waals surface area contributed by atoms with E-state index in [-0.39, 0.29) is 11.5 Å². The minimum absolute atomic E-state index is 0.132. The van der Waals surface area contributed by atoms with Crippen LogP contribution in [0.3, 0.4) is 0 Å². The molecule has 80 valence electrons. The van der Waals surface area contributed by atoms with E-state index in [1.165, 1.54) is 18.5 Å². The number of nitrogens with zero attached hydrogens (tertiary/aromatic N) is 3. The lowest BCUT2D eigenvalue weighted by Gasteiger charge is -2.00. The number of anilines is 1. The van der Waals surface area contributed by atoms with Crippen LogP contribution in [-0.4, -0.2) is 26.0 Å². The lowest BCUT2D eigenvalue weighted by Crippen LogP contribution is -1.99. The van der Waals surface area contributed by atoms with Crippen molar-refractivity contribution in [1.82, 2.24) is 15.0 Å². The fraction of sp³-hybridized carbons (Fsp3) is 0. The van der Waals surface area contributed by atoms with E-state index in [0.29, 0.717) is 11.4 Å². The molecule has 0 bridgehead atoms. The molecule has 6 heteroatoms. The van der Waals surface area contributed by atoms with Crippen molar-refractivity contribution in [3.8, 4) is 11.4 Å². The average molecular weight is 216 g/mol. The van der Waals surface area contributed by atoms with Gasteiger partial charge in [0.05, 0.1) is 5.56 Å². The van der Waals surface area contributed by atoms with E-state index in [1.807, 2.05) is 0 Å². The first kappa shape index (κ1) is 10.0. The highest BCUT2D eigenvalue weighted by atomic mass is 16.4. The zero-order valence-electron chi connectivity index (χ0n) is 8.16. The zero-order chi connectivity index (χ0) is 11.5. The van der Waals surface area contributed by atoms with Crippen molar-refractivity contribution in [3.63, 3.8) is 0 Å². The third-order valence-electron chi connectivity index (χ3n) is 1.98. The van der Waals surface area contributed by atoms with Crippen molar-refractivity contribution < 1.29 is 9.90 Å². The summed E-state index contributed by atoms with van der Waals surface area (Å²) in [5, 5.41) is 8.73. The molecule has 0 saturated carbocycles. The Morgan fingerprint density at radius 2 is 1.88 bits per heavy atom. The second-order valence-electron chi connectivity index (χ2n) is 3.05. The Morgan fingerprint density at radius 3 is 2.44 bits per heavy atom. The number of nitrogens with two attached hydrogens (primary N) is 1. The Bertz CT molecular complexity index is 525. The van der Waals surface area contributed by atoms with Crippen LogP contribution < -0.4 is 5.73 Å². The lowest BCUT2D eigenvalue weighted by atomic mass is 10.1. The maximum Gasteiger partial charge on any atom is 0.335 e. The van der Waals surface area contributed by atoms with Gasteiger partial charge in [-0.2, -0.15) is 4.98 Å². The molecule has 0 spiro atoms. The van der Waals surface area contributed by atoms with E-state index in [4.69, 9.17) is 10.8 Å². The second kappa shape index (κ2) is 3.93. The number of carboxylic acids is 1. The van der Waals surface area contributed by atoms with E-state index in [0.717, 1.165) is 0 Å². The van der Waals surface area contributed by atoms with Gasteiger partial charge in [0.1, 0.15) is 6.33 Å². The zero-order valence-corrected chi connectivity index (χ0v) is 8.16. The SMILES string of the molecule is Nc1ncnc(-c2ccc(C(=O)O)cc2)n1. The molecular weight excluding hydrogens is 208 g/mol. The Labute approximate surface area is 90.8 Å². The summed E-state index contributed by atoms with van der Waals surface area (Å²) >= 11 is 0. The maximum absolute atomic E-state index is 10.6. The molecular formula is C10H8N4O2. The van der Waals surface area contributed by atoms with Gasteiger partial charge in [0, 0.05) is 5.56 Å². The molecule has 1 aromatic carbocycles. The fourth-order valence-electron chi connectivity index (χ4n) is 1.21. The van der Waals surface area contributed by atoms with Crippen LogP contribution in [0.25, 0.3) is 11.4 Å². The van der Waals surface area contributed by atoms with Gasteiger partial charge < -0.3 is 10.8 Å². The summed E-state index contributed by atoms with van der Waals surface area (Å²) in [5.41, 5.74) is 6.33. The van der Waals surface area contributed by atoms with Crippen LogP contribution in [0, 0.1) is 0 Å². The number of carboxylic acid groups (broad SMARTS) is 1. The minimum Gasteiger partial charge on any atom is -0.478 e. The van der Waals surface area contributed by atoms with Crippen molar-refractivity contribution in [2.75, 3.05) is 5.73 Å². The van der Waals surface area contributed by atoms with Gasteiger partial charge >= 0.3 is 5.97 Å². The van der Waals surface area contributed by atoms with Crippen LogP contribution >= 0.6 is 0 Å². The summed E-state index contributed by atoms with van der Waals surface area (Å²) in [6, 6.07) is 6.21. The predicted octanol–water partition coefficient (Wildman–Crippen LogP) is 0.819. The predicted molar refractivity (Wildman–Crippen MR) is 56.6 cm³/mol. The highest BCUT2D eigenvalue weighted by Crippen LogP contribution is 2.15. The second-order valence-corrected chi connectivity index (χ2v) is 3.05. The van der Waals surface area contributed by atoms with Gasteiger partial charge in [0.2, 0.25) is 5.95 Å². The normalized spacial score (nSPS) is 10.0. The van der Waals surface area contributed by atoms with E-state index in [1.54, 1.807) is 12.1 Å². The molecule has 0 fully saturated rings. The number of hydrogen-bond acceptors (Lipinski definition) is 5. The smallest absolute Gasteiger partial charge is 0.335 e. The summed E-state index contributed by atoms with van der Waals surface area (Å²) in [5.74, 6) is -0.418. The molecule has 3 N–H and O–H groups in total. The van der Waals surface area contributed by atoms with E-state index in [9.17, 15) is 4.79 Å². The van der Waals surface area contributed by atoms with Gasteiger partial charge in [-0.05, 0) is 12.1 Å². The molecule has 0 saturated heterocycles. The molecule has 6 nitrogen and oxygen atoms in total. The minimum atomic E-state index is -0.971. The molecule has 1 aromatic heterocycles. The van der Waals surface area contributed by atoms with E-state index >= 15 is 0 Å². The van der Waals surface area contributed by atoms with Gasteiger partial charge in [-0.25, -0.2) is 14.8 Å². The number of benzene rings is 1. The monoisotopic (exact) mass is 216 g/mol. The molecule has 1 heterocycles. The largest absolute Gasteiger partial charge is 0.478 e. The van der Waals surface area contributed by atoms with Gasteiger partial charge in [0.25, 0.3) is 0 Å². The summed E-state index contributed by atoms with van der Waals surface area (Å²) < 4.78 is 0. The van der Waals surface area contributed by atoms with Crippen molar-refractivity contribution in [3.05, 3.63) is 36.2 Å². The Morgan fingerprint density at radius 1 is 1.19 bits per heavy atom. The molecule has 0 aliphatic heterocycles. The number of rotatable bonds is 2. The Kier molecular flexibility index (Phi) is 2.47. The molecule has 0 amide bonds. The fourth-order valence-corrected chi connectivity index (χ4v) is 1.21.